The van der Waals surface area contributed by atoms with Gasteiger partial charge in [-0.1, -0.05) is 37.3 Å². The first-order valence-electron chi connectivity index (χ1n) is 7.51. The van der Waals surface area contributed by atoms with Crippen LogP contribution in [0.15, 0.2) is 66.7 Å². The van der Waals surface area contributed by atoms with Gasteiger partial charge in [0.2, 0.25) is 0 Å². The summed E-state index contributed by atoms with van der Waals surface area (Å²) in [6.07, 6.45) is 0.455. The van der Waals surface area contributed by atoms with E-state index < -0.39 is 5.97 Å². The Morgan fingerprint density at radius 2 is 1.48 bits per heavy atom. The van der Waals surface area contributed by atoms with E-state index in [1.54, 1.807) is 30.3 Å². The van der Waals surface area contributed by atoms with Gasteiger partial charge in [-0.15, -0.1) is 0 Å². The number of carbonyl (C=O) groups excluding carboxylic acids is 2. The molecule has 0 bridgehead atoms. The molecule has 0 aromatic heterocycles. The van der Waals surface area contributed by atoms with Gasteiger partial charge < -0.3 is 4.74 Å². The maximum Gasteiger partial charge on any atom is 0.343 e. The molecule has 23 heavy (non-hydrogen) atoms. The Balaban J connectivity index is 1.78. The lowest BCUT2D eigenvalue weighted by molar-refractivity contribution is 0.0735. The van der Waals surface area contributed by atoms with E-state index in [0.717, 1.165) is 10.8 Å². The van der Waals surface area contributed by atoms with Crippen LogP contribution in [0.4, 0.5) is 0 Å². The average molecular weight is 304 g/mol. The number of fused-ring (bicyclic) bond motifs is 1. The molecule has 0 aliphatic heterocycles. The van der Waals surface area contributed by atoms with Crippen LogP contribution < -0.4 is 4.74 Å². The summed E-state index contributed by atoms with van der Waals surface area (Å²) in [4.78, 5) is 23.8. The van der Waals surface area contributed by atoms with Gasteiger partial charge in [-0.05, 0) is 47.2 Å². The molecule has 0 aliphatic rings. The van der Waals surface area contributed by atoms with Crippen LogP contribution in [0.1, 0.15) is 34.1 Å². The van der Waals surface area contributed by atoms with Crippen molar-refractivity contribution in [3.8, 4) is 5.75 Å². The van der Waals surface area contributed by atoms with E-state index in [0.29, 0.717) is 23.3 Å². The van der Waals surface area contributed by atoms with Crippen molar-refractivity contribution in [1.82, 2.24) is 0 Å². The lowest BCUT2D eigenvalue weighted by Gasteiger charge is -2.06. The van der Waals surface area contributed by atoms with Crippen LogP contribution in [-0.4, -0.2) is 11.8 Å². The molecule has 0 N–H and O–H groups in total. The second-order valence-electron chi connectivity index (χ2n) is 5.25. The van der Waals surface area contributed by atoms with Crippen LogP contribution in [0.3, 0.4) is 0 Å². The molecule has 0 radical (unpaired) electrons. The normalized spacial score (nSPS) is 10.5. The van der Waals surface area contributed by atoms with Crippen molar-refractivity contribution in [3.63, 3.8) is 0 Å². The minimum Gasteiger partial charge on any atom is -0.423 e. The van der Waals surface area contributed by atoms with E-state index in [2.05, 4.69) is 0 Å². The van der Waals surface area contributed by atoms with Crippen molar-refractivity contribution in [2.45, 2.75) is 13.3 Å². The van der Waals surface area contributed by atoms with E-state index in [1.165, 1.54) is 0 Å². The maximum atomic E-state index is 12.2. The lowest BCUT2D eigenvalue weighted by Crippen LogP contribution is -2.08. The van der Waals surface area contributed by atoms with Crippen LogP contribution in [0, 0.1) is 0 Å². The van der Waals surface area contributed by atoms with Crippen LogP contribution in [0.25, 0.3) is 10.8 Å². The van der Waals surface area contributed by atoms with Crippen LogP contribution in [-0.2, 0) is 0 Å². The van der Waals surface area contributed by atoms with Crippen LogP contribution in [0.2, 0.25) is 0 Å². The summed E-state index contributed by atoms with van der Waals surface area (Å²) >= 11 is 0. The summed E-state index contributed by atoms with van der Waals surface area (Å²) in [7, 11) is 0. The molecule has 0 spiro atoms. The molecule has 0 atom stereocenters. The Morgan fingerprint density at radius 3 is 2.17 bits per heavy atom. The highest BCUT2D eigenvalue weighted by molar-refractivity contribution is 5.97. The Bertz CT molecular complexity index is 863. The Labute approximate surface area is 134 Å². The highest BCUT2D eigenvalue weighted by Crippen LogP contribution is 2.19. The van der Waals surface area contributed by atoms with E-state index in [4.69, 9.17) is 4.74 Å². The van der Waals surface area contributed by atoms with Gasteiger partial charge in [-0.25, -0.2) is 4.79 Å². The highest BCUT2D eigenvalue weighted by Gasteiger charge is 2.10. The summed E-state index contributed by atoms with van der Waals surface area (Å²) in [6, 6.07) is 19.9. The predicted octanol–water partition coefficient (Wildman–Crippen LogP) is 4.65. The number of ether oxygens (including phenoxy) is 1. The SMILES string of the molecule is CCC(=O)c1ccc(OC(=O)c2ccc3ccccc3c2)cc1. The minimum atomic E-state index is -0.412. The second-order valence-corrected chi connectivity index (χ2v) is 5.25. The molecule has 0 aliphatic carbocycles. The molecule has 0 amide bonds. The molecule has 114 valence electrons. The summed E-state index contributed by atoms with van der Waals surface area (Å²) in [5.41, 5.74) is 1.12. The van der Waals surface area contributed by atoms with Crippen LogP contribution >= 0.6 is 0 Å². The Morgan fingerprint density at radius 1 is 0.826 bits per heavy atom. The van der Waals surface area contributed by atoms with E-state index >= 15 is 0 Å². The van der Waals surface area contributed by atoms with Gasteiger partial charge in [0.1, 0.15) is 5.75 Å². The molecule has 0 saturated heterocycles. The van der Waals surface area contributed by atoms with Crippen molar-refractivity contribution >= 4 is 22.5 Å². The molecule has 3 rings (SSSR count). The zero-order chi connectivity index (χ0) is 16.2. The van der Waals surface area contributed by atoms with Gasteiger partial charge in [0.15, 0.2) is 5.78 Å². The zero-order valence-corrected chi connectivity index (χ0v) is 12.8. The van der Waals surface area contributed by atoms with Crippen LogP contribution in [0.5, 0.6) is 5.75 Å². The second kappa shape index (κ2) is 6.44. The number of esters is 1. The Kier molecular flexibility index (Phi) is 4.20. The first kappa shape index (κ1) is 15.0. The fourth-order valence-corrected chi connectivity index (χ4v) is 2.40. The van der Waals surface area contributed by atoms with Gasteiger partial charge in [0.05, 0.1) is 5.56 Å². The largest absolute Gasteiger partial charge is 0.423 e. The molecule has 3 nitrogen and oxygen atoms in total. The summed E-state index contributed by atoms with van der Waals surface area (Å²) in [5, 5.41) is 2.07. The quantitative estimate of drug-likeness (QED) is 0.400. The summed E-state index contributed by atoms with van der Waals surface area (Å²) in [6.45, 7) is 1.82. The number of rotatable bonds is 4. The average Bonchev–Trinajstić information content (AvgIpc) is 2.61. The zero-order valence-electron chi connectivity index (χ0n) is 12.8. The molecular weight excluding hydrogens is 288 g/mol. The number of benzene rings is 3. The van der Waals surface area contributed by atoms with Gasteiger partial charge in [-0.2, -0.15) is 0 Å². The fourth-order valence-electron chi connectivity index (χ4n) is 2.40. The standard InChI is InChI=1S/C20H16O3/c1-2-19(21)15-9-11-18(12-10-15)23-20(22)17-8-7-14-5-3-4-6-16(14)13-17/h3-13H,2H2,1H3. The van der Waals surface area contributed by atoms with Crippen molar-refractivity contribution in [3.05, 3.63) is 77.9 Å². The first-order chi connectivity index (χ1) is 11.2. The van der Waals surface area contributed by atoms with Gasteiger partial charge >= 0.3 is 5.97 Å². The lowest BCUT2D eigenvalue weighted by atomic mass is 10.1. The van der Waals surface area contributed by atoms with Gasteiger partial charge in [0, 0.05) is 12.0 Å². The molecule has 3 aromatic carbocycles. The molecule has 0 saturated carbocycles. The maximum absolute atomic E-state index is 12.2. The molecule has 0 fully saturated rings. The first-order valence-corrected chi connectivity index (χ1v) is 7.51. The number of Topliss-reactive ketones (excluding diaryl/α,β-unsaturated/α-hetero) is 1. The van der Waals surface area contributed by atoms with Crippen molar-refractivity contribution in [2.75, 3.05) is 0 Å². The predicted molar refractivity (Wildman–Crippen MR) is 90.0 cm³/mol. The smallest absolute Gasteiger partial charge is 0.343 e. The molecule has 0 heterocycles. The fraction of sp³-hybridized carbons (Fsp3) is 0.100. The number of carbonyl (C=O) groups is 2. The monoisotopic (exact) mass is 304 g/mol. The third-order valence-corrected chi connectivity index (χ3v) is 3.69. The Hall–Kier alpha value is -2.94. The molecule has 0 unspecified atom stereocenters. The molecule has 3 aromatic rings. The number of ketones is 1. The van der Waals surface area contributed by atoms with Crippen molar-refractivity contribution in [2.24, 2.45) is 0 Å². The van der Waals surface area contributed by atoms with E-state index in [9.17, 15) is 9.59 Å². The minimum absolute atomic E-state index is 0.0670. The van der Waals surface area contributed by atoms with Crippen molar-refractivity contribution in [1.29, 1.82) is 0 Å². The molecule has 3 heteroatoms. The number of hydrogen-bond donors (Lipinski definition) is 0. The van der Waals surface area contributed by atoms with Gasteiger partial charge in [-0.3, -0.25) is 4.79 Å². The molecular formula is C20H16O3. The highest BCUT2D eigenvalue weighted by atomic mass is 16.5. The summed E-state index contributed by atoms with van der Waals surface area (Å²) in [5.74, 6) is 0.0820. The number of hydrogen-bond acceptors (Lipinski definition) is 3. The summed E-state index contributed by atoms with van der Waals surface area (Å²) < 4.78 is 5.37. The van der Waals surface area contributed by atoms with E-state index in [1.807, 2.05) is 43.3 Å². The third kappa shape index (κ3) is 3.29. The van der Waals surface area contributed by atoms with Gasteiger partial charge in [0.25, 0.3) is 0 Å². The van der Waals surface area contributed by atoms with Crippen molar-refractivity contribution < 1.29 is 14.3 Å². The third-order valence-electron chi connectivity index (χ3n) is 3.69. The van der Waals surface area contributed by atoms with E-state index in [-0.39, 0.29) is 5.78 Å². The topological polar surface area (TPSA) is 43.4 Å².